The van der Waals surface area contributed by atoms with Crippen molar-refractivity contribution >= 4 is 12.2 Å². The number of halogens is 2. The van der Waals surface area contributed by atoms with E-state index >= 15 is 0 Å². The van der Waals surface area contributed by atoms with Crippen molar-refractivity contribution in [2.24, 2.45) is 5.10 Å². The van der Waals surface area contributed by atoms with Gasteiger partial charge in [-0.2, -0.15) is 5.10 Å². The molecule has 0 spiro atoms. The van der Waals surface area contributed by atoms with E-state index in [1.165, 1.54) is 17.1 Å². The lowest BCUT2D eigenvalue weighted by Crippen LogP contribution is -2.46. The highest BCUT2D eigenvalue weighted by Crippen LogP contribution is 2.32. The summed E-state index contributed by atoms with van der Waals surface area (Å²) in [5.41, 5.74) is 0.456. The summed E-state index contributed by atoms with van der Waals surface area (Å²) in [4.78, 5) is 13.3. The smallest absolute Gasteiger partial charge is 0.212 e. The molecule has 1 atom stereocenters. The van der Waals surface area contributed by atoms with E-state index in [0.29, 0.717) is 30.9 Å². The molecule has 5 nitrogen and oxygen atoms in total. The molecule has 1 aromatic carbocycles. The fraction of sp³-hybridized carbons (Fsp3) is 0.400. The zero-order valence-electron chi connectivity index (χ0n) is 11.9. The molecule has 1 N–H and O–H groups in total. The van der Waals surface area contributed by atoms with Gasteiger partial charge in [-0.1, -0.05) is 0 Å². The normalized spacial score (nSPS) is 21.1. The van der Waals surface area contributed by atoms with Crippen LogP contribution < -0.4 is 5.32 Å². The predicted octanol–water partition coefficient (Wildman–Crippen LogP) is 1.28. The fourth-order valence-corrected chi connectivity index (χ4v) is 2.80. The average molecular weight is 306 g/mol. The molecule has 0 aliphatic carbocycles. The third-order valence-electron chi connectivity index (χ3n) is 3.82. The lowest BCUT2D eigenvalue weighted by atomic mass is 10.0. The second-order valence-corrected chi connectivity index (χ2v) is 5.26. The first-order valence-electron chi connectivity index (χ1n) is 7.17. The van der Waals surface area contributed by atoms with Crippen LogP contribution in [0, 0.1) is 11.6 Å². The van der Waals surface area contributed by atoms with Crippen molar-refractivity contribution in [2.75, 3.05) is 26.2 Å². The van der Waals surface area contributed by atoms with E-state index in [1.807, 2.05) is 10.8 Å². The van der Waals surface area contributed by atoms with Crippen LogP contribution in [-0.2, 0) is 4.79 Å². The summed E-state index contributed by atoms with van der Waals surface area (Å²) >= 11 is 0. The van der Waals surface area contributed by atoms with E-state index in [1.54, 1.807) is 6.21 Å². The monoisotopic (exact) mass is 306 g/mol. The van der Waals surface area contributed by atoms with E-state index in [4.69, 9.17) is 0 Å². The van der Waals surface area contributed by atoms with Gasteiger partial charge in [0, 0.05) is 44.9 Å². The van der Waals surface area contributed by atoms with E-state index in [9.17, 15) is 13.6 Å². The largest absolute Gasteiger partial charge is 0.345 e. The minimum atomic E-state index is -0.638. The molecule has 3 rings (SSSR count). The van der Waals surface area contributed by atoms with Crippen LogP contribution in [-0.4, -0.2) is 48.2 Å². The molecule has 2 aliphatic heterocycles. The quantitative estimate of drug-likeness (QED) is 0.855. The zero-order valence-corrected chi connectivity index (χ0v) is 11.9. The number of hydrogen-bond acceptors (Lipinski definition) is 5. The van der Waals surface area contributed by atoms with Gasteiger partial charge in [-0.3, -0.25) is 0 Å². The molecule has 7 heteroatoms. The zero-order chi connectivity index (χ0) is 15.5. The Bertz CT molecular complexity index is 616. The molecule has 1 saturated heterocycles. The summed E-state index contributed by atoms with van der Waals surface area (Å²) in [7, 11) is 0. The van der Waals surface area contributed by atoms with Gasteiger partial charge in [0.15, 0.2) is 5.94 Å². The Balaban J connectivity index is 1.88. The Hall–Kier alpha value is -2.24. The van der Waals surface area contributed by atoms with Crippen LogP contribution in [0.15, 0.2) is 29.1 Å². The second-order valence-electron chi connectivity index (χ2n) is 5.26. The standard InChI is InChI=1S/C15H16F2N4O/c16-12-7-11(8-13(17)9-12)14-1-2-19-21(14)15(10-22)20-5-3-18-4-6-20/h2,7-9,14,18H,1,3-6H2/t14-/m0/s1. The number of rotatable bonds is 3. The Morgan fingerprint density at radius 3 is 2.55 bits per heavy atom. The van der Waals surface area contributed by atoms with Gasteiger partial charge in [-0.25, -0.2) is 18.6 Å². The van der Waals surface area contributed by atoms with Gasteiger partial charge in [0.05, 0.1) is 6.04 Å². The Kier molecular flexibility index (Phi) is 4.18. The first-order chi connectivity index (χ1) is 10.7. The highest BCUT2D eigenvalue weighted by atomic mass is 19.1. The van der Waals surface area contributed by atoms with Crippen molar-refractivity contribution in [3.05, 3.63) is 41.2 Å². The third kappa shape index (κ3) is 2.86. The molecule has 22 heavy (non-hydrogen) atoms. The maximum atomic E-state index is 13.4. The van der Waals surface area contributed by atoms with Crippen molar-refractivity contribution < 1.29 is 13.6 Å². The molecule has 116 valence electrons. The molecule has 0 unspecified atom stereocenters. The maximum Gasteiger partial charge on any atom is 0.212 e. The second kappa shape index (κ2) is 6.25. The fourth-order valence-electron chi connectivity index (χ4n) is 2.80. The van der Waals surface area contributed by atoms with Crippen molar-refractivity contribution in [3.8, 4) is 0 Å². The lowest BCUT2D eigenvalue weighted by Gasteiger charge is -2.35. The van der Waals surface area contributed by atoms with Crippen LogP contribution in [0.2, 0.25) is 0 Å². The van der Waals surface area contributed by atoms with Crippen LogP contribution in [0.3, 0.4) is 0 Å². The van der Waals surface area contributed by atoms with Gasteiger partial charge in [-0.15, -0.1) is 0 Å². The van der Waals surface area contributed by atoms with Crippen LogP contribution in [0.5, 0.6) is 0 Å². The Labute approximate surface area is 126 Å². The van der Waals surface area contributed by atoms with E-state index in [-0.39, 0.29) is 0 Å². The van der Waals surface area contributed by atoms with Gasteiger partial charge < -0.3 is 10.2 Å². The Morgan fingerprint density at radius 2 is 1.91 bits per heavy atom. The van der Waals surface area contributed by atoms with Crippen LogP contribution in [0.4, 0.5) is 8.78 Å². The van der Waals surface area contributed by atoms with Gasteiger partial charge in [0.25, 0.3) is 0 Å². The molecular weight excluding hydrogens is 290 g/mol. The summed E-state index contributed by atoms with van der Waals surface area (Å²) in [6.07, 6.45) is 2.13. The Morgan fingerprint density at radius 1 is 1.23 bits per heavy atom. The van der Waals surface area contributed by atoms with Crippen LogP contribution >= 0.6 is 0 Å². The number of carbonyl (C=O) groups excluding carboxylic acids is 1. The van der Waals surface area contributed by atoms with Crippen molar-refractivity contribution in [3.63, 3.8) is 0 Å². The minimum Gasteiger partial charge on any atom is -0.345 e. The van der Waals surface area contributed by atoms with E-state index in [0.717, 1.165) is 19.2 Å². The summed E-state index contributed by atoms with van der Waals surface area (Å²) < 4.78 is 26.9. The number of nitrogens with zero attached hydrogens (tertiary/aromatic N) is 3. The predicted molar refractivity (Wildman–Crippen MR) is 77.7 cm³/mol. The maximum absolute atomic E-state index is 13.4. The third-order valence-corrected chi connectivity index (χ3v) is 3.82. The van der Waals surface area contributed by atoms with Gasteiger partial charge in [-0.05, 0) is 17.7 Å². The summed E-state index contributed by atoms with van der Waals surface area (Å²) in [6, 6.07) is 2.98. The van der Waals surface area contributed by atoms with Gasteiger partial charge in [0.1, 0.15) is 11.6 Å². The van der Waals surface area contributed by atoms with Gasteiger partial charge >= 0.3 is 0 Å². The number of nitrogens with one attached hydrogen (secondary N) is 1. The first-order valence-corrected chi connectivity index (χ1v) is 7.17. The highest BCUT2D eigenvalue weighted by Gasteiger charge is 2.30. The first kappa shape index (κ1) is 14.7. The number of benzene rings is 1. The van der Waals surface area contributed by atoms with Gasteiger partial charge in [0.2, 0.25) is 5.82 Å². The summed E-state index contributed by atoms with van der Waals surface area (Å²) in [5.74, 6) is 0.966. The molecular formula is C15H16F2N4O. The molecule has 0 saturated carbocycles. The van der Waals surface area contributed by atoms with E-state index in [2.05, 4.69) is 10.4 Å². The molecule has 0 bridgehead atoms. The lowest BCUT2D eigenvalue weighted by molar-refractivity contribution is 0.174. The number of hydrazone groups is 1. The number of piperazine rings is 1. The molecule has 2 heterocycles. The topological polar surface area (TPSA) is 47.9 Å². The highest BCUT2D eigenvalue weighted by molar-refractivity contribution is 5.63. The van der Waals surface area contributed by atoms with Crippen LogP contribution in [0.1, 0.15) is 18.0 Å². The van der Waals surface area contributed by atoms with Crippen molar-refractivity contribution in [1.82, 2.24) is 15.2 Å². The SMILES string of the molecule is O=C=C(N1CCNCC1)N1N=CC[C@H]1c1cc(F)cc(F)c1. The molecule has 1 fully saturated rings. The molecule has 0 aromatic heterocycles. The molecule has 0 radical (unpaired) electrons. The molecule has 0 amide bonds. The summed E-state index contributed by atoms with van der Waals surface area (Å²) in [5, 5.41) is 8.91. The number of hydrogen-bond donors (Lipinski definition) is 1. The van der Waals surface area contributed by atoms with Crippen molar-refractivity contribution in [1.29, 1.82) is 0 Å². The molecule has 1 aromatic rings. The minimum absolute atomic E-state index is 0.310. The van der Waals surface area contributed by atoms with Crippen molar-refractivity contribution in [2.45, 2.75) is 12.5 Å². The molecule has 2 aliphatic rings. The average Bonchev–Trinajstić information content (AvgIpc) is 2.97. The van der Waals surface area contributed by atoms with E-state index < -0.39 is 17.7 Å². The van der Waals surface area contributed by atoms with Crippen LogP contribution in [0.25, 0.3) is 0 Å². The summed E-state index contributed by atoms with van der Waals surface area (Å²) in [6.45, 7) is 2.87.